The second kappa shape index (κ2) is 4.10. The fourth-order valence-electron chi connectivity index (χ4n) is 1.85. The lowest BCUT2D eigenvalue weighted by atomic mass is 10.2. The van der Waals surface area contributed by atoms with Crippen molar-refractivity contribution < 1.29 is 0 Å². The van der Waals surface area contributed by atoms with Gasteiger partial charge >= 0.3 is 0 Å². The average molecular weight is 233 g/mol. The zero-order chi connectivity index (χ0) is 11.7. The SMILES string of the molecule is Nc1cc(CNc2ccnn2C2CNC2)[nH]n1. The van der Waals surface area contributed by atoms with Gasteiger partial charge in [0.15, 0.2) is 0 Å². The third-order valence-electron chi connectivity index (χ3n) is 2.89. The zero-order valence-electron chi connectivity index (χ0n) is 9.35. The molecule has 0 bridgehead atoms. The van der Waals surface area contributed by atoms with E-state index in [1.165, 1.54) is 0 Å². The molecule has 2 aromatic heterocycles. The van der Waals surface area contributed by atoms with E-state index in [1.54, 1.807) is 0 Å². The van der Waals surface area contributed by atoms with Gasteiger partial charge in [0.2, 0.25) is 0 Å². The summed E-state index contributed by atoms with van der Waals surface area (Å²) in [7, 11) is 0. The van der Waals surface area contributed by atoms with E-state index in [-0.39, 0.29) is 0 Å². The number of hydrogen-bond acceptors (Lipinski definition) is 5. The first-order valence-electron chi connectivity index (χ1n) is 5.61. The molecule has 3 rings (SSSR count). The van der Waals surface area contributed by atoms with Crippen LogP contribution in [0, 0.1) is 0 Å². The van der Waals surface area contributed by atoms with Crippen LogP contribution in [0.3, 0.4) is 0 Å². The summed E-state index contributed by atoms with van der Waals surface area (Å²) in [6.07, 6.45) is 1.81. The number of aromatic amines is 1. The van der Waals surface area contributed by atoms with E-state index in [1.807, 2.05) is 23.0 Å². The van der Waals surface area contributed by atoms with E-state index < -0.39 is 0 Å². The van der Waals surface area contributed by atoms with Crippen LogP contribution in [0.5, 0.6) is 0 Å². The number of nitrogens with two attached hydrogens (primary N) is 1. The van der Waals surface area contributed by atoms with Gasteiger partial charge in [-0.3, -0.25) is 5.10 Å². The lowest BCUT2D eigenvalue weighted by Crippen LogP contribution is -2.44. The van der Waals surface area contributed by atoms with Crippen molar-refractivity contribution in [1.29, 1.82) is 0 Å². The summed E-state index contributed by atoms with van der Waals surface area (Å²) < 4.78 is 2.01. The number of rotatable bonds is 4. The molecule has 0 aromatic carbocycles. The summed E-state index contributed by atoms with van der Waals surface area (Å²) in [5.74, 6) is 1.53. The Bertz CT molecular complexity index is 496. The monoisotopic (exact) mass is 233 g/mol. The van der Waals surface area contributed by atoms with E-state index >= 15 is 0 Å². The minimum atomic E-state index is 0.458. The summed E-state index contributed by atoms with van der Waals surface area (Å²) in [5, 5.41) is 17.6. The molecule has 0 saturated carbocycles. The first-order chi connectivity index (χ1) is 8.33. The highest BCUT2D eigenvalue weighted by Gasteiger charge is 2.21. The van der Waals surface area contributed by atoms with Gasteiger partial charge in [-0.05, 0) is 0 Å². The van der Waals surface area contributed by atoms with Crippen molar-refractivity contribution in [2.45, 2.75) is 12.6 Å². The van der Waals surface area contributed by atoms with E-state index in [0.717, 1.165) is 24.6 Å². The van der Waals surface area contributed by atoms with Crippen LogP contribution in [0.25, 0.3) is 0 Å². The Morgan fingerprint density at radius 2 is 2.41 bits per heavy atom. The van der Waals surface area contributed by atoms with Crippen molar-refractivity contribution >= 4 is 11.6 Å². The largest absolute Gasteiger partial charge is 0.382 e. The predicted molar refractivity (Wildman–Crippen MR) is 64.5 cm³/mol. The molecule has 1 saturated heterocycles. The quantitative estimate of drug-likeness (QED) is 0.593. The molecular formula is C10H15N7. The van der Waals surface area contributed by atoms with Crippen LogP contribution in [0.15, 0.2) is 18.3 Å². The molecule has 17 heavy (non-hydrogen) atoms. The summed E-state index contributed by atoms with van der Waals surface area (Å²) in [6.45, 7) is 2.62. The molecule has 0 radical (unpaired) electrons. The van der Waals surface area contributed by atoms with Crippen LogP contribution in [-0.2, 0) is 6.54 Å². The summed E-state index contributed by atoms with van der Waals surface area (Å²) in [6, 6.07) is 4.25. The minimum absolute atomic E-state index is 0.458. The normalized spacial score (nSPS) is 15.8. The molecule has 0 spiro atoms. The maximum absolute atomic E-state index is 5.54. The Balaban J connectivity index is 1.66. The lowest BCUT2D eigenvalue weighted by Gasteiger charge is -2.28. The smallest absolute Gasteiger partial charge is 0.145 e. The topological polar surface area (TPSA) is 96.6 Å². The molecule has 0 atom stereocenters. The molecule has 7 heteroatoms. The second-order valence-corrected chi connectivity index (χ2v) is 4.14. The van der Waals surface area contributed by atoms with Gasteiger partial charge in [-0.15, -0.1) is 0 Å². The van der Waals surface area contributed by atoms with E-state index in [2.05, 4.69) is 25.9 Å². The van der Waals surface area contributed by atoms with Crippen LogP contribution >= 0.6 is 0 Å². The van der Waals surface area contributed by atoms with Crippen molar-refractivity contribution in [2.24, 2.45) is 0 Å². The molecule has 90 valence electrons. The molecule has 1 aliphatic heterocycles. The van der Waals surface area contributed by atoms with Gasteiger partial charge in [-0.1, -0.05) is 0 Å². The number of aromatic nitrogens is 4. The molecule has 3 heterocycles. The minimum Gasteiger partial charge on any atom is -0.382 e. The summed E-state index contributed by atoms with van der Waals surface area (Å²) >= 11 is 0. The number of H-pyrrole nitrogens is 1. The molecule has 0 unspecified atom stereocenters. The van der Waals surface area contributed by atoms with Crippen LogP contribution in [0.2, 0.25) is 0 Å². The fourth-order valence-corrected chi connectivity index (χ4v) is 1.85. The molecule has 0 amide bonds. The first kappa shape index (κ1) is 10.2. The van der Waals surface area contributed by atoms with Crippen molar-refractivity contribution in [3.63, 3.8) is 0 Å². The third kappa shape index (κ3) is 1.96. The zero-order valence-corrected chi connectivity index (χ0v) is 9.35. The van der Waals surface area contributed by atoms with Crippen LogP contribution in [0.4, 0.5) is 11.6 Å². The van der Waals surface area contributed by atoms with Gasteiger partial charge in [0.1, 0.15) is 11.6 Å². The van der Waals surface area contributed by atoms with Crippen molar-refractivity contribution in [1.82, 2.24) is 25.3 Å². The van der Waals surface area contributed by atoms with E-state index in [0.29, 0.717) is 18.4 Å². The second-order valence-electron chi connectivity index (χ2n) is 4.14. The first-order valence-corrected chi connectivity index (χ1v) is 5.61. The van der Waals surface area contributed by atoms with Crippen LogP contribution < -0.4 is 16.4 Å². The molecule has 0 aliphatic carbocycles. The van der Waals surface area contributed by atoms with Gasteiger partial charge in [0.05, 0.1) is 24.5 Å². The number of anilines is 2. The third-order valence-corrected chi connectivity index (χ3v) is 2.89. The lowest BCUT2D eigenvalue weighted by molar-refractivity contribution is 0.321. The Morgan fingerprint density at radius 3 is 3.06 bits per heavy atom. The van der Waals surface area contributed by atoms with Gasteiger partial charge < -0.3 is 16.4 Å². The van der Waals surface area contributed by atoms with Gasteiger partial charge in [-0.2, -0.15) is 10.2 Å². The highest BCUT2D eigenvalue weighted by Crippen LogP contribution is 2.17. The highest BCUT2D eigenvalue weighted by atomic mass is 15.4. The van der Waals surface area contributed by atoms with E-state index in [9.17, 15) is 0 Å². The number of nitrogens with one attached hydrogen (secondary N) is 3. The van der Waals surface area contributed by atoms with Crippen molar-refractivity contribution in [3.8, 4) is 0 Å². The molecule has 1 fully saturated rings. The molecular weight excluding hydrogens is 218 g/mol. The molecule has 7 nitrogen and oxygen atoms in total. The molecule has 1 aliphatic rings. The van der Waals surface area contributed by atoms with Crippen molar-refractivity contribution in [3.05, 3.63) is 24.0 Å². The summed E-state index contributed by atoms with van der Waals surface area (Å²) in [4.78, 5) is 0. The van der Waals surface area contributed by atoms with Crippen LogP contribution in [0.1, 0.15) is 11.7 Å². The maximum atomic E-state index is 5.54. The number of nitrogen functional groups attached to an aromatic ring is 1. The van der Waals surface area contributed by atoms with Crippen LogP contribution in [-0.4, -0.2) is 33.1 Å². The summed E-state index contributed by atoms with van der Waals surface area (Å²) in [5.41, 5.74) is 6.50. The Morgan fingerprint density at radius 1 is 1.53 bits per heavy atom. The predicted octanol–water partition coefficient (Wildman–Crippen LogP) is -0.0552. The molecule has 2 aromatic rings. The van der Waals surface area contributed by atoms with Crippen molar-refractivity contribution in [2.75, 3.05) is 24.1 Å². The standard InChI is InChI=1S/C10H15N7/c11-9-3-7(15-16-9)4-13-10-1-2-14-17(10)8-5-12-6-8/h1-3,8,12-13H,4-6H2,(H3,11,15,16). The van der Waals surface area contributed by atoms with Gasteiger partial charge in [0, 0.05) is 25.2 Å². The Kier molecular flexibility index (Phi) is 2.45. The average Bonchev–Trinajstić information content (AvgIpc) is 2.82. The highest BCUT2D eigenvalue weighted by molar-refractivity contribution is 5.37. The Labute approximate surface area is 98.4 Å². The molecule has 5 N–H and O–H groups in total. The van der Waals surface area contributed by atoms with Gasteiger partial charge in [-0.25, -0.2) is 4.68 Å². The van der Waals surface area contributed by atoms with Gasteiger partial charge in [0.25, 0.3) is 0 Å². The Hall–Kier alpha value is -2.02. The number of nitrogens with zero attached hydrogens (tertiary/aromatic N) is 3. The fraction of sp³-hybridized carbons (Fsp3) is 0.400. The van der Waals surface area contributed by atoms with E-state index in [4.69, 9.17) is 5.73 Å². The maximum Gasteiger partial charge on any atom is 0.145 e. The number of hydrogen-bond donors (Lipinski definition) is 4.